The van der Waals surface area contributed by atoms with Crippen LogP contribution in [0.3, 0.4) is 0 Å². The van der Waals surface area contributed by atoms with Gasteiger partial charge in [-0.3, -0.25) is 4.79 Å². The first kappa shape index (κ1) is 20.4. The fourth-order valence-corrected chi connectivity index (χ4v) is 4.42. The summed E-state index contributed by atoms with van der Waals surface area (Å²) >= 11 is 0. The molecule has 6 rings (SSSR count). The van der Waals surface area contributed by atoms with Gasteiger partial charge in [-0.05, 0) is 49.1 Å². The molecule has 1 fully saturated rings. The Hall–Kier alpha value is -4.20. The number of benzene rings is 1. The van der Waals surface area contributed by atoms with Crippen LogP contribution in [0, 0.1) is 12.1 Å². The van der Waals surface area contributed by atoms with E-state index in [2.05, 4.69) is 15.2 Å². The first-order chi connectivity index (χ1) is 16.6. The largest absolute Gasteiger partial charge is 0.618 e. The van der Waals surface area contributed by atoms with Crippen LogP contribution in [0.2, 0.25) is 0 Å². The van der Waals surface area contributed by atoms with Crippen LogP contribution in [-0.4, -0.2) is 28.5 Å². The lowest BCUT2D eigenvalue weighted by Crippen LogP contribution is -2.26. The topological polar surface area (TPSA) is 94.3 Å². The van der Waals surface area contributed by atoms with Crippen LogP contribution in [0.4, 0.5) is 17.3 Å². The zero-order valence-corrected chi connectivity index (χ0v) is 18.7. The number of amides is 1. The molecule has 4 aromatic rings. The van der Waals surface area contributed by atoms with Crippen molar-refractivity contribution in [3.05, 3.63) is 83.0 Å². The summed E-state index contributed by atoms with van der Waals surface area (Å²) in [5, 5.41) is 15.8. The highest BCUT2D eigenvalue weighted by Crippen LogP contribution is 2.43. The lowest BCUT2D eigenvalue weighted by molar-refractivity contribution is -0.577. The Labute approximate surface area is 196 Å². The van der Waals surface area contributed by atoms with E-state index in [1.165, 1.54) is 6.20 Å². The average molecular weight is 454 g/mol. The molecular weight excluding hydrogens is 430 g/mol. The van der Waals surface area contributed by atoms with E-state index in [0.29, 0.717) is 41.7 Å². The van der Waals surface area contributed by atoms with E-state index in [1.807, 2.05) is 37.3 Å². The fourth-order valence-electron chi connectivity index (χ4n) is 4.42. The minimum absolute atomic E-state index is 0.181. The van der Waals surface area contributed by atoms with Gasteiger partial charge in [0.2, 0.25) is 5.52 Å². The van der Waals surface area contributed by atoms with E-state index in [4.69, 9.17) is 9.72 Å². The van der Waals surface area contributed by atoms with Crippen LogP contribution >= 0.6 is 0 Å². The van der Waals surface area contributed by atoms with Gasteiger partial charge in [0.25, 0.3) is 5.91 Å². The van der Waals surface area contributed by atoms with Crippen LogP contribution in [0.1, 0.15) is 34.3 Å². The smallest absolute Gasteiger partial charge is 0.259 e. The molecule has 8 heteroatoms. The molecule has 0 bridgehead atoms. The summed E-state index contributed by atoms with van der Waals surface area (Å²) in [4.78, 5) is 24.6. The molecule has 0 saturated heterocycles. The van der Waals surface area contributed by atoms with E-state index in [-0.39, 0.29) is 5.91 Å². The first-order valence-electron chi connectivity index (χ1n) is 11.4. The lowest BCUT2D eigenvalue weighted by Gasteiger charge is -2.24. The standard InChI is InChI=1S/C26H23N5O3/c1-16-8-11-27-25-23(16)29-26(32)20-14-17(15-28-24(20)31(25)18-6-7-18)10-13-34-22-9-12-30(33)21-5-3-2-4-19(21)22/h2-5,8-9,11-12,14-15,18H,6-7,10,13H2,1H3,(H,29,32). The maximum Gasteiger partial charge on any atom is 0.259 e. The fraction of sp³-hybridized carbons (Fsp3) is 0.231. The number of hydrogen-bond donors (Lipinski definition) is 1. The number of aryl methyl sites for hydroxylation is 1. The number of fused-ring (bicyclic) bond motifs is 3. The van der Waals surface area contributed by atoms with Crippen molar-refractivity contribution in [3.8, 4) is 5.75 Å². The van der Waals surface area contributed by atoms with Gasteiger partial charge in [-0.25, -0.2) is 9.97 Å². The van der Waals surface area contributed by atoms with Gasteiger partial charge in [0.05, 0.1) is 23.2 Å². The number of rotatable bonds is 5. The summed E-state index contributed by atoms with van der Waals surface area (Å²) in [6.45, 7) is 2.36. The van der Waals surface area contributed by atoms with Crippen molar-refractivity contribution in [2.45, 2.75) is 32.2 Å². The van der Waals surface area contributed by atoms with Crippen LogP contribution in [0.15, 0.2) is 61.1 Å². The molecule has 1 aliphatic heterocycles. The Morgan fingerprint density at radius 2 is 2.03 bits per heavy atom. The third-order valence-corrected chi connectivity index (χ3v) is 6.33. The number of carbonyl (C=O) groups excluding carboxylic acids is 1. The summed E-state index contributed by atoms with van der Waals surface area (Å²) in [5.41, 5.74) is 3.72. The highest BCUT2D eigenvalue weighted by Gasteiger charge is 2.38. The van der Waals surface area contributed by atoms with Crippen molar-refractivity contribution in [1.29, 1.82) is 0 Å². The highest BCUT2D eigenvalue weighted by atomic mass is 16.5. The molecule has 170 valence electrons. The normalized spacial score (nSPS) is 14.9. The molecule has 8 nitrogen and oxygen atoms in total. The second-order valence-corrected chi connectivity index (χ2v) is 8.72. The zero-order valence-electron chi connectivity index (χ0n) is 18.7. The van der Waals surface area contributed by atoms with Crippen LogP contribution in [-0.2, 0) is 6.42 Å². The second kappa shape index (κ2) is 7.98. The van der Waals surface area contributed by atoms with Crippen molar-refractivity contribution in [1.82, 2.24) is 9.97 Å². The Morgan fingerprint density at radius 1 is 1.18 bits per heavy atom. The molecule has 3 aromatic heterocycles. The van der Waals surface area contributed by atoms with E-state index in [1.54, 1.807) is 24.5 Å². The quantitative estimate of drug-likeness (QED) is 0.362. The Kier molecular flexibility index (Phi) is 4.79. The third-order valence-electron chi connectivity index (χ3n) is 6.33. The monoisotopic (exact) mass is 453 g/mol. The number of hydrogen-bond acceptors (Lipinski definition) is 6. The molecule has 0 radical (unpaired) electrons. The number of para-hydroxylation sites is 1. The SMILES string of the molecule is Cc1ccnc2c1NC(=O)c1cc(CCOc3cc[n+]([O-])c4ccccc34)cnc1N2C1CC1. The molecule has 0 atom stereocenters. The summed E-state index contributed by atoms with van der Waals surface area (Å²) in [6, 6.07) is 13.1. The van der Waals surface area contributed by atoms with Gasteiger partial charge in [-0.15, -0.1) is 0 Å². The number of ether oxygens (including phenoxy) is 1. The van der Waals surface area contributed by atoms with Gasteiger partial charge in [-0.1, -0.05) is 12.1 Å². The Bertz CT molecular complexity index is 1430. The van der Waals surface area contributed by atoms with Gasteiger partial charge in [0, 0.05) is 37.0 Å². The van der Waals surface area contributed by atoms with Crippen molar-refractivity contribution >= 4 is 34.1 Å². The van der Waals surface area contributed by atoms with Gasteiger partial charge >= 0.3 is 0 Å². The molecule has 1 aromatic carbocycles. The van der Waals surface area contributed by atoms with Crippen molar-refractivity contribution in [2.24, 2.45) is 0 Å². The summed E-state index contributed by atoms with van der Waals surface area (Å²) < 4.78 is 6.84. The highest BCUT2D eigenvalue weighted by molar-refractivity contribution is 6.12. The Morgan fingerprint density at radius 3 is 2.88 bits per heavy atom. The summed E-state index contributed by atoms with van der Waals surface area (Å²) in [5.74, 6) is 1.88. The van der Waals surface area contributed by atoms with E-state index < -0.39 is 0 Å². The molecule has 34 heavy (non-hydrogen) atoms. The molecule has 1 aliphatic carbocycles. The minimum Gasteiger partial charge on any atom is -0.618 e. The van der Waals surface area contributed by atoms with Crippen LogP contribution < -0.4 is 19.7 Å². The number of carbonyl (C=O) groups is 1. The lowest BCUT2D eigenvalue weighted by atomic mass is 10.1. The maximum absolute atomic E-state index is 13.2. The number of aromatic nitrogens is 3. The van der Waals surface area contributed by atoms with Crippen molar-refractivity contribution in [2.75, 3.05) is 16.8 Å². The molecule has 0 unspecified atom stereocenters. The molecule has 1 amide bonds. The maximum atomic E-state index is 13.2. The average Bonchev–Trinajstić information content (AvgIpc) is 3.69. The third kappa shape index (κ3) is 3.48. The predicted molar refractivity (Wildman–Crippen MR) is 128 cm³/mol. The zero-order chi connectivity index (χ0) is 23.2. The summed E-state index contributed by atoms with van der Waals surface area (Å²) in [6.07, 6.45) is 7.70. The molecule has 4 heterocycles. The van der Waals surface area contributed by atoms with Gasteiger partial charge < -0.3 is 20.2 Å². The van der Waals surface area contributed by atoms with E-state index in [0.717, 1.165) is 45.6 Å². The van der Waals surface area contributed by atoms with E-state index in [9.17, 15) is 10.0 Å². The van der Waals surface area contributed by atoms with Gasteiger partial charge in [0.15, 0.2) is 12.0 Å². The minimum atomic E-state index is -0.181. The van der Waals surface area contributed by atoms with Crippen molar-refractivity contribution < 1.29 is 14.3 Å². The number of pyridine rings is 3. The molecule has 1 N–H and O–H groups in total. The Balaban J connectivity index is 1.27. The molecular formula is C26H23N5O3. The predicted octanol–water partition coefficient (Wildman–Crippen LogP) is 4.06. The number of nitrogens with zero attached hydrogens (tertiary/aromatic N) is 4. The van der Waals surface area contributed by atoms with Gasteiger partial charge in [0.1, 0.15) is 11.6 Å². The van der Waals surface area contributed by atoms with Gasteiger partial charge in [-0.2, -0.15) is 4.73 Å². The van der Waals surface area contributed by atoms with Crippen LogP contribution in [0.25, 0.3) is 10.9 Å². The summed E-state index contributed by atoms with van der Waals surface area (Å²) in [7, 11) is 0. The van der Waals surface area contributed by atoms with Crippen molar-refractivity contribution in [3.63, 3.8) is 0 Å². The van der Waals surface area contributed by atoms with Crippen LogP contribution in [0.5, 0.6) is 5.75 Å². The molecule has 2 aliphatic rings. The molecule has 0 spiro atoms. The number of anilines is 3. The number of nitrogens with one attached hydrogen (secondary N) is 1. The first-order valence-corrected chi connectivity index (χ1v) is 11.4. The second-order valence-electron chi connectivity index (χ2n) is 8.72. The molecule has 1 saturated carbocycles. The van der Waals surface area contributed by atoms with E-state index >= 15 is 0 Å².